The molecule has 0 radical (unpaired) electrons. The van der Waals surface area contributed by atoms with E-state index in [1.54, 1.807) is 55.7 Å². The summed E-state index contributed by atoms with van der Waals surface area (Å²) in [6, 6.07) is 18.0. The summed E-state index contributed by atoms with van der Waals surface area (Å²) in [5, 5.41) is 36.6. The number of aryl methyl sites for hydroxylation is 1. The standard InChI is InChI=1S/C51H61FN8O8S/c1-30-42(69-29-55-30)31-12-15-34(16-13-31)59(9)58-45(64)40-23-35(61)27-60(40)46(65)43(49(2,3)4)56-41(62)28-66-20-10-11-21-67-36-18-19-38(39(52)24-36)44(63)57-47-50(5,6)48(51(47,7)8)68-37-17-14-32(25-53)33(22-37)26-54/h12-19,22,24,29,35,40,43,47-48,61H,10-11,20-21,23,27-28H2,1-9H3,(H,56,62)(H,57,63)(H,58,64)/t35-,40+,43-,47?,48?/m1/s1. The Morgan fingerprint density at radius 2 is 1.64 bits per heavy atom. The lowest BCUT2D eigenvalue weighted by atomic mass is 9.49. The van der Waals surface area contributed by atoms with Crippen LogP contribution in [0, 0.1) is 51.6 Å². The number of nitrogens with one attached hydrogen (secondary N) is 3. The number of aliphatic hydroxyl groups is 1. The van der Waals surface area contributed by atoms with Gasteiger partial charge in [0, 0.05) is 49.6 Å². The monoisotopic (exact) mass is 964 g/mol. The molecule has 0 unspecified atom stereocenters. The predicted molar refractivity (Wildman–Crippen MR) is 257 cm³/mol. The Morgan fingerprint density at radius 1 is 0.971 bits per heavy atom. The third-order valence-corrected chi connectivity index (χ3v) is 13.8. The highest BCUT2D eigenvalue weighted by Gasteiger charge is 2.64. The van der Waals surface area contributed by atoms with Gasteiger partial charge in [0.2, 0.25) is 11.8 Å². The first-order valence-electron chi connectivity index (χ1n) is 22.8. The largest absolute Gasteiger partial charge is 0.493 e. The van der Waals surface area contributed by atoms with E-state index in [0.717, 1.165) is 22.2 Å². The second-order valence-electron chi connectivity index (χ2n) is 19.8. The van der Waals surface area contributed by atoms with Gasteiger partial charge in [-0.3, -0.25) is 29.6 Å². The number of hydrogen-bond acceptors (Lipinski definition) is 13. The highest BCUT2D eigenvalue weighted by Crippen LogP contribution is 2.55. The maximum Gasteiger partial charge on any atom is 0.261 e. The van der Waals surface area contributed by atoms with Crippen LogP contribution in [0.5, 0.6) is 11.5 Å². The van der Waals surface area contributed by atoms with Crippen LogP contribution in [0.1, 0.15) is 94.9 Å². The van der Waals surface area contributed by atoms with Crippen LogP contribution in [0.4, 0.5) is 10.1 Å². The molecule has 366 valence electrons. The molecule has 1 saturated carbocycles. The average Bonchev–Trinajstić information content (AvgIpc) is 3.92. The topological polar surface area (TPSA) is 219 Å². The molecule has 4 amide bonds. The second kappa shape index (κ2) is 21.4. The fourth-order valence-corrected chi connectivity index (χ4v) is 10.2. The van der Waals surface area contributed by atoms with Crippen LogP contribution in [0.2, 0.25) is 0 Å². The summed E-state index contributed by atoms with van der Waals surface area (Å²) in [4.78, 5) is 60.8. The molecule has 3 aromatic carbocycles. The van der Waals surface area contributed by atoms with Gasteiger partial charge in [0.1, 0.15) is 54.2 Å². The Labute approximate surface area is 406 Å². The number of β-amino-alcohol motifs (C(OH)–C–C–N with tert-alkyl or cyclic N) is 1. The van der Waals surface area contributed by atoms with E-state index in [4.69, 9.17) is 14.2 Å². The molecule has 3 atom stereocenters. The van der Waals surface area contributed by atoms with E-state index in [1.807, 2.05) is 71.0 Å². The van der Waals surface area contributed by atoms with Gasteiger partial charge in [-0.2, -0.15) is 10.5 Å². The molecule has 4 aromatic rings. The Balaban J connectivity index is 0.922. The van der Waals surface area contributed by atoms with Crippen molar-refractivity contribution in [1.82, 2.24) is 25.9 Å². The van der Waals surface area contributed by atoms with Gasteiger partial charge in [0.25, 0.3) is 11.8 Å². The summed E-state index contributed by atoms with van der Waals surface area (Å²) < 4.78 is 32.9. The lowest BCUT2D eigenvalue weighted by Gasteiger charge is -2.63. The molecular formula is C51H61FN8O8S. The van der Waals surface area contributed by atoms with Crippen LogP contribution in [0.15, 0.2) is 66.2 Å². The van der Waals surface area contributed by atoms with Crippen molar-refractivity contribution in [2.45, 2.75) is 105 Å². The molecule has 2 aliphatic rings. The van der Waals surface area contributed by atoms with Crippen molar-refractivity contribution in [1.29, 1.82) is 10.5 Å². The number of thiazole rings is 1. The van der Waals surface area contributed by atoms with Gasteiger partial charge in [0.05, 0.1) is 51.2 Å². The summed E-state index contributed by atoms with van der Waals surface area (Å²) in [7, 11) is 1.69. The molecule has 0 spiro atoms. The van der Waals surface area contributed by atoms with Crippen molar-refractivity contribution in [3.05, 3.63) is 94.4 Å². The number of carbonyl (C=O) groups excluding carboxylic acids is 4. The van der Waals surface area contributed by atoms with Crippen LogP contribution >= 0.6 is 11.3 Å². The van der Waals surface area contributed by atoms with E-state index in [0.29, 0.717) is 24.3 Å². The molecule has 6 rings (SSSR count). The van der Waals surface area contributed by atoms with Crippen LogP contribution in [-0.2, 0) is 19.1 Å². The van der Waals surface area contributed by atoms with Crippen molar-refractivity contribution in [3.63, 3.8) is 0 Å². The minimum Gasteiger partial charge on any atom is -0.493 e. The number of benzene rings is 3. The molecule has 69 heavy (non-hydrogen) atoms. The van der Waals surface area contributed by atoms with Crippen LogP contribution in [0.3, 0.4) is 0 Å². The molecule has 1 aromatic heterocycles. The normalized spacial score (nSPS) is 19.5. The Bertz CT molecular complexity index is 2600. The lowest BCUT2D eigenvalue weighted by molar-refractivity contribution is -0.164. The number of hydrogen-bond donors (Lipinski definition) is 4. The maximum absolute atomic E-state index is 15.3. The summed E-state index contributed by atoms with van der Waals surface area (Å²) in [6.45, 7) is 15.1. The third-order valence-electron chi connectivity index (χ3n) is 12.8. The Hall–Kier alpha value is -6.60. The Kier molecular flexibility index (Phi) is 16.0. The molecule has 1 aliphatic heterocycles. The second-order valence-corrected chi connectivity index (χ2v) is 20.7. The number of halogens is 1. The molecule has 2 fully saturated rings. The number of aromatic nitrogens is 1. The van der Waals surface area contributed by atoms with E-state index in [2.05, 4.69) is 21.0 Å². The van der Waals surface area contributed by atoms with Gasteiger partial charge in [-0.1, -0.05) is 60.6 Å². The average molecular weight is 965 g/mol. The molecule has 2 heterocycles. The summed E-state index contributed by atoms with van der Waals surface area (Å²) >= 11 is 1.55. The number of anilines is 1. The highest BCUT2D eigenvalue weighted by atomic mass is 32.1. The molecule has 4 N–H and O–H groups in total. The van der Waals surface area contributed by atoms with Gasteiger partial charge in [0.15, 0.2) is 0 Å². The smallest absolute Gasteiger partial charge is 0.261 e. The van der Waals surface area contributed by atoms with Crippen LogP contribution < -0.4 is 30.5 Å². The molecule has 18 heteroatoms. The van der Waals surface area contributed by atoms with Crippen LogP contribution in [0.25, 0.3) is 10.4 Å². The van der Waals surface area contributed by atoms with Gasteiger partial charge in [-0.05, 0) is 73.2 Å². The zero-order valence-corrected chi connectivity index (χ0v) is 41.3. The minimum absolute atomic E-state index is 0.0384. The quantitative estimate of drug-likeness (QED) is 0.0625. The molecular weight excluding hydrogens is 904 g/mol. The number of carbonyl (C=O) groups is 4. The molecule has 1 aliphatic carbocycles. The maximum atomic E-state index is 15.3. The highest BCUT2D eigenvalue weighted by molar-refractivity contribution is 7.13. The van der Waals surface area contributed by atoms with Crippen molar-refractivity contribution in [2.75, 3.05) is 38.4 Å². The van der Waals surface area contributed by atoms with E-state index in [9.17, 15) is 34.8 Å². The summed E-state index contributed by atoms with van der Waals surface area (Å²) in [5.41, 5.74) is 5.71. The SMILES string of the molecule is Cc1ncsc1-c1ccc(N(C)NC(=O)[C@@H]2C[C@@H](O)CN2C(=O)[C@@H](NC(=O)COCCCCOc2ccc(C(=O)NC3C(C)(C)C(Oc4ccc(C#N)c(C#N)c4)C3(C)C)c(F)c2)C(C)(C)C)cc1. The molecule has 16 nitrogen and oxygen atoms in total. The molecule has 0 bridgehead atoms. The fraction of sp³-hybridized carbons (Fsp3) is 0.471. The van der Waals surface area contributed by atoms with Crippen molar-refractivity contribution >= 4 is 40.7 Å². The molecule has 1 saturated heterocycles. The Morgan fingerprint density at radius 3 is 2.26 bits per heavy atom. The first-order chi connectivity index (χ1) is 32.6. The van der Waals surface area contributed by atoms with E-state index < -0.39 is 63.9 Å². The van der Waals surface area contributed by atoms with E-state index in [-0.39, 0.29) is 67.4 Å². The number of nitriles is 2. The first kappa shape index (κ1) is 51.8. The number of aliphatic hydroxyl groups excluding tert-OH is 1. The lowest BCUT2D eigenvalue weighted by Crippen LogP contribution is -2.74. The number of amides is 4. The number of unbranched alkanes of at least 4 members (excludes halogenated alkanes) is 1. The summed E-state index contributed by atoms with van der Waals surface area (Å²) in [6.07, 6.45) is -0.239. The fourth-order valence-electron chi connectivity index (χ4n) is 9.41. The number of likely N-dealkylation sites (tertiary alicyclic amines) is 1. The number of ether oxygens (including phenoxy) is 3. The van der Waals surface area contributed by atoms with Crippen molar-refractivity contribution in [3.8, 4) is 34.1 Å². The number of nitrogens with zero attached hydrogens (tertiary/aromatic N) is 5. The zero-order chi connectivity index (χ0) is 50.4. The van der Waals surface area contributed by atoms with Crippen LogP contribution in [-0.4, -0.2) is 102 Å². The van der Waals surface area contributed by atoms with Gasteiger partial charge >= 0.3 is 0 Å². The van der Waals surface area contributed by atoms with Gasteiger partial charge in [-0.15, -0.1) is 11.3 Å². The third kappa shape index (κ3) is 11.8. The van der Waals surface area contributed by atoms with Gasteiger partial charge in [-0.25, -0.2) is 9.37 Å². The summed E-state index contributed by atoms with van der Waals surface area (Å²) in [5.74, 6) is -2.14. The first-order valence-corrected chi connectivity index (χ1v) is 23.7. The van der Waals surface area contributed by atoms with Gasteiger partial charge < -0.3 is 34.9 Å². The minimum atomic E-state index is -1.02. The van der Waals surface area contributed by atoms with Crippen molar-refractivity contribution < 1.29 is 42.9 Å². The predicted octanol–water partition coefficient (Wildman–Crippen LogP) is 6.45. The zero-order valence-electron chi connectivity index (χ0n) is 40.5. The van der Waals surface area contributed by atoms with E-state index >= 15 is 4.39 Å². The number of hydrazine groups is 1. The van der Waals surface area contributed by atoms with Crippen molar-refractivity contribution in [2.24, 2.45) is 16.2 Å². The van der Waals surface area contributed by atoms with E-state index in [1.165, 1.54) is 29.2 Å². The number of rotatable bonds is 18.